The van der Waals surface area contributed by atoms with E-state index in [2.05, 4.69) is 45.9 Å². The molecule has 0 amide bonds. The molecule has 0 aliphatic heterocycles. The van der Waals surface area contributed by atoms with Crippen LogP contribution in [0.3, 0.4) is 0 Å². The van der Waals surface area contributed by atoms with E-state index in [1.807, 2.05) is 7.05 Å². The highest BCUT2D eigenvalue weighted by molar-refractivity contribution is 7.99. The zero-order valence-electron chi connectivity index (χ0n) is 12.4. The molecule has 19 heavy (non-hydrogen) atoms. The van der Waals surface area contributed by atoms with Gasteiger partial charge in [-0.15, -0.1) is 0 Å². The number of unbranched alkanes of at least 4 members (excludes halogenated alkanes) is 2. The molecule has 0 unspecified atom stereocenters. The van der Waals surface area contributed by atoms with Crippen LogP contribution in [0.5, 0.6) is 0 Å². The van der Waals surface area contributed by atoms with Gasteiger partial charge < -0.3 is 10.2 Å². The van der Waals surface area contributed by atoms with Crippen LogP contribution in [0.4, 0.5) is 11.9 Å². The van der Waals surface area contributed by atoms with E-state index in [0.717, 1.165) is 29.9 Å². The van der Waals surface area contributed by atoms with Crippen LogP contribution in [0.2, 0.25) is 0 Å². The second-order valence-corrected chi connectivity index (χ2v) is 5.28. The number of rotatable bonds is 9. The highest BCUT2D eigenvalue weighted by atomic mass is 32.2. The molecule has 108 valence electrons. The minimum absolute atomic E-state index is 0.648. The number of aromatic nitrogens is 3. The van der Waals surface area contributed by atoms with Crippen molar-refractivity contribution in [2.24, 2.45) is 0 Å². The lowest BCUT2D eigenvalue weighted by Crippen LogP contribution is -2.25. The Morgan fingerprint density at radius 2 is 1.79 bits per heavy atom. The molecular weight excluding hydrogens is 258 g/mol. The largest absolute Gasteiger partial charge is 0.357 e. The van der Waals surface area contributed by atoms with Gasteiger partial charge in [-0.05, 0) is 20.3 Å². The highest BCUT2D eigenvalue weighted by Crippen LogP contribution is 2.19. The van der Waals surface area contributed by atoms with E-state index in [4.69, 9.17) is 0 Å². The van der Waals surface area contributed by atoms with Crippen molar-refractivity contribution in [3.63, 3.8) is 0 Å². The van der Waals surface area contributed by atoms with Crippen molar-refractivity contribution in [2.75, 3.05) is 36.1 Å². The quantitative estimate of drug-likeness (QED) is 0.555. The lowest BCUT2D eigenvalue weighted by Gasteiger charge is -2.19. The molecule has 1 aromatic rings. The van der Waals surface area contributed by atoms with Crippen molar-refractivity contribution in [1.29, 1.82) is 0 Å². The minimum Gasteiger partial charge on any atom is -0.357 e. The van der Waals surface area contributed by atoms with Gasteiger partial charge in [0.05, 0.1) is 0 Å². The SMILES string of the molecule is CCCCCSc1nc(NC)nc(N(CC)CC)n1. The molecule has 1 aromatic heterocycles. The lowest BCUT2D eigenvalue weighted by atomic mass is 10.3. The van der Waals surface area contributed by atoms with Gasteiger partial charge in [-0.1, -0.05) is 31.5 Å². The van der Waals surface area contributed by atoms with E-state index >= 15 is 0 Å². The summed E-state index contributed by atoms with van der Waals surface area (Å²) < 4.78 is 0. The Labute approximate surface area is 120 Å². The normalized spacial score (nSPS) is 10.5. The summed E-state index contributed by atoms with van der Waals surface area (Å²) in [4.78, 5) is 15.5. The maximum Gasteiger partial charge on any atom is 0.231 e. The third-order valence-corrected chi connectivity index (χ3v) is 3.79. The van der Waals surface area contributed by atoms with Gasteiger partial charge in [-0.2, -0.15) is 15.0 Å². The molecule has 0 aromatic carbocycles. The van der Waals surface area contributed by atoms with Crippen LogP contribution in [-0.4, -0.2) is 40.8 Å². The fraction of sp³-hybridized carbons (Fsp3) is 0.769. The van der Waals surface area contributed by atoms with E-state index < -0.39 is 0 Å². The summed E-state index contributed by atoms with van der Waals surface area (Å²) >= 11 is 1.71. The molecule has 1 N–H and O–H groups in total. The van der Waals surface area contributed by atoms with E-state index in [9.17, 15) is 0 Å². The molecule has 0 aliphatic rings. The fourth-order valence-electron chi connectivity index (χ4n) is 1.69. The van der Waals surface area contributed by atoms with E-state index in [1.165, 1.54) is 19.3 Å². The van der Waals surface area contributed by atoms with Crippen LogP contribution in [0.1, 0.15) is 40.0 Å². The van der Waals surface area contributed by atoms with Crippen LogP contribution >= 0.6 is 11.8 Å². The fourth-order valence-corrected chi connectivity index (χ4v) is 2.51. The molecule has 1 rings (SSSR count). The highest BCUT2D eigenvalue weighted by Gasteiger charge is 2.10. The van der Waals surface area contributed by atoms with Gasteiger partial charge in [-0.25, -0.2) is 0 Å². The molecule has 0 bridgehead atoms. The van der Waals surface area contributed by atoms with Crippen molar-refractivity contribution in [3.05, 3.63) is 0 Å². The number of nitrogens with one attached hydrogen (secondary N) is 1. The maximum absolute atomic E-state index is 4.55. The molecule has 0 spiro atoms. The number of anilines is 2. The Balaban J connectivity index is 2.77. The molecular formula is C13H25N5S. The van der Waals surface area contributed by atoms with E-state index in [0.29, 0.717) is 5.95 Å². The second-order valence-electron chi connectivity index (χ2n) is 4.22. The van der Waals surface area contributed by atoms with Gasteiger partial charge in [0.25, 0.3) is 0 Å². The van der Waals surface area contributed by atoms with Crippen molar-refractivity contribution in [2.45, 2.75) is 45.2 Å². The molecule has 0 saturated carbocycles. The van der Waals surface area contributed by atoms with Crippen LogP contribution < -0.4 is 10.2 Å². The summed E-state index contributed by atoms with van der Waals surface area (Å²) in [5.41, 5.74) is 0. The van der Waals surface area contributed by atoms with Gasteiger partial charge in [0.1, 0.15) is 0 Å². The monoisotopic (exact) mass is 283 g/mol. The molecule has 0 atom stereocenters. The number of hydrogen-bond donors (Lipinski definition) is 1. The number of nitrogens with zero attached hydrogens (tertiary/aromatic N) is 4. The predicted molar refractivity (Wildman–Crippen MR) is 83.2 cm³/mol. The predicted octanol–water partition coefficient (Wildman–Crippen LogP) is 3.04. The Hall–Kier alpha value is -1.04. The minimum atomic E-state index is 0.648. The molecule has 6 heteroatoms. The first-order valence-electron chi connectivity index (χ1n) is 7.06. The van der Waals surface area contributed by atoms with Gasteiger partial charge >= 0.3 is 0 Å². The molecule has 0 radical (unpaired) electrons. The Morgan fingerprint density at radius 1 is 1.05 bits per heavy atom. The van der Waals surface area contributed by atoms with Crippen molar-refractivity contribution >= 4 is 23.7 Å². The van der Waals surface area contributed by atoms with Crippen molar-refractivity contribution < 1.29 is 0 Å². The molecule has 0 aliphatic carbocycles. The Morgan fingerprint density at radius 3 is 2.37 bits per heavy atom. The van der Waals surface area contributed by atoms with Crippen LogP contribution in [0.25, 0.3) is 0 Å². The van der Waals surface area contributed by atoms with Gasteiger partial charge in [-0.3, -0.25) is 0 Å². The van der Waals surface area contributed by atoms with Crippen LogP contribution in [-0.2, 0) is 0 Å². The Bertz CT molecular complexity index is 368. The average molecular weight is 283 g/mol. The summed E-state index contributed by atoms with van der Waals surface area (Å²) in [5.74, 6) is 2.48. The van der Waals surface area contributed by atoms with E-state index in [-0.39, 0.29) is 0 Å². The summed E-state index contributed by atoms with van der Waals surface area (Å²) in [5, 5.41) is 3.83. The van der Waals surface area contributed by atoms with E-state index in [1.54, 1.807) is 11.8 Å². The average Bonchev–Trinajstić information content (AvgIpc) is 2.45. The molecule has 0 fully saturated rings. The van der Waals surface area contributed by atoms with Gasteiger partial charge in [0, 0.05) is 25.9 Å². The van der Waals surface area contributed by atoms with Gasteiger partial charge in [0.2, 0.25) is 11.9 Å². The first-order valence-corrected chi connectivity index (χ1v) is 8.05. The topological polar surface area (TPSA) is 53.9 Å². The molecule has 1 heterocycles. The first kappa shape index (κ1) is 16.0. The zero-order chi connectivity index (χ0) is 14.1. The maximum atomic E-state index is 4.55. The number of hydrogen-bond acceptors (Lipinski definition) is 6. The first-order chi connectivity index (χ1) is 9.24. The van der Waals surface area contributed by atoms with Crippen molar-refractivity contribution in [1.82, 2.24) is 15.0 Å². The third kappa shape index (κ3) is 5.22. The van der Waals surface area contributed by atoms with Crippen molar-refractivity contribution in [3.8, 4) is 0 Å². The number of thioether (sulfide) groups is 1. The van der Waals surface area contributed by atoms with Crippen LogP contribution in [0.15, 0.2) is 5.16 Å². The summed E-state index contributed by atoms with van der Waals surface area (Å²) in [6.45, 7) is 8.25. The summed E-state index contributed by atoms with van der Waals surface area (Å²) in [6.07, 6.45) is 3.71. The third-order valence-electron chi connectivity index (χ3n) is 2.85. The Kier molecular flexibility index (Phi) is 7.55. The standard InChI is InChI=1S/C13H25N5S/c1-5-8-9-10-19-13-16-11(14-4)15-12(17-13)18(6-2)7-3/h5-10H2,1-4H3,(H,14,15,16,17). The van der Waals surface area contributed by atoms with Gasteiger partial charge in [0.15, 0.2) is 5.16 Å². The summed E-state index contributed by atoms with van der Waals surface area (Å²) in [6, 6.07) is 0. The molecule has 5 nitrogen and oxygen atoms in total. The second kappa shape index (κ2) is 8.96. The molecule has 0 saturated heterocycles. The van der Waals surface area contributed by atoms with Crippen LogP contribution in [0, 0.1) is 0 Å². The summed E-state index contributed by atoms with van der Waals surface area (Å²) in [7, 11) is 1.84. The zero-order valence-corrected chi connectivity index (χ0v) is 13.3. The lowest BCUT2D eigenvalue weighted by molar-refractivity contribution is 0.770. The smallest absolute Gasteiger partial charge is 0.231 e.